The second kappa shape index (κ2) is 11.4. The maximum Gasteiger partial charge on any atom is 0.316 e. The zero-order valence-corrected chi connectivity index (χ0v) is 20.5. The summed E-state index contributed by atoms with van der Waals surface area (Å²) in [6, 6.07) is -0.571. The second-order valence-electron chi connectivity index (χ2n) is 9.77. The fraction of sp³-hybridized carbons (Fsp3) is 0.833. The first kappa shape index (κ1) is 26.5. The van der Waals surface area contributed by atoms with E-state index in [1.165, 1.54) is 0 Å². The summed E-state index contributed by atoms with van der Waals surface area (Å²) in [5.41, 5.74) is 0.915. The number of cyclic esters (lactones) is 1. The first-order valence-corrected chi connectivity index (χ1v) is 11.7. The van der Waals surface area contributed by atoms with Gasteiger partial charge in [0.25, 0.3) is 0 Å². The lowest BCUT2D eigenvalue weighted by molar-refractivity contribution is -0.157. The Hall–Kier alpha value is -1.80. The van der Waals surface area contributed by atoms with Crippen LogP contribution in [0.15, 0.2) is 4.99 Å². The van der Waals surface area contributed by atoms with Crippen molar-refractivity contribution in [3.05, 3.63) is 0 Å². The van der Waals surface area contributed by atoms with E-state index in [1.807, 2.05) is 13.8 Å². The summed E-state index contributed by atoms with van der Waals surface area (Å²) in [5, 5.41) is 10.9. The predicted molar refractivity (Wildman–Crippen MR) is 121 cm³/mol. The van der Waals surface area contributed by atoms with E-state index in [0.29, 0.717) is 19.5 Å². The molecule has 0 aliphatic carbocycles. The van der Waals surface area contributed by atoms with Crippen LogP contribution in [0.25, 0.3) is 0 Å². The number of rotatable bonds is 3. The number of amides is 1. The summed E-state index contributed by atoms with van der Waals surface area (Å²) in [6.45, 7) is 12.1. The quantitative estimate of drug-likeness (QED) is 0.399. The van der Waals surface area contributed by atoms with Crippen LogP contribution in [0.4, 0.5) is 0 Å². The van der Waals surface area contributed by atoms with Crippen molar-refractivity contribution in [3.63, 3.8) is 0 Å². The Balaban J connectivity index is 2.52. The molecule has 32 heavy (non-hydrogen) atoms. The molecule has 0 spiro atoms. The Morgan fingerprint density at radius 3 is 2.41 bits per heavy atom. The second-order valence-corrected chi connectivity index (χ2v) is 9.77. The van der Waals surface area contributed by atoms with E-state index >= 15 is 0 Å². The first-order valence-electron chi connectivity index (χ1n) is 11.7. The van der Waals surface area contributed by atoms with Gasteiger partial charge in [0.1, 0.15) is 24.4 Å². The van der Waals surface area contributed by atoms with Crippen LogP contribution in [0.5, 0.6) is 0 Å². The van der Waals surface area contributed by atoms with Crippen LogP contribution in [0.2, 0.25) is 0 Å². The minimum atomic E-state index is -1.08. The number of aliphatic hydroxyl groups excluding tert-OH is 1. The van der Waals surface area contributed by atoms with Gasteiger partial charge >= 0.3 is 5.97 Å². The standard InChI is InChI=1S/C24H40N2O6/c1-13(2)20-15(4)23(29)17(6)24(30)32-11-18(28)22-16(5)21(14(3)10-19(20)31-7)25-8-9-26(22)12-27/h12-20,22,28H,8-11H2,1-7H3/t14-,15-,16?,17?,18?,19?,20-,22?/m1/s1. The van der Waals surface area contributed by atoms with Crippen LogP contribution in [0.3, 0.4) is 0 Å². The molecular weight excluding hydrogens is 412 g/mol. The fourth-order valence-electron chi connectivity index (χ4n) is 5.63. The normalized spacial score (nSPS) is 37.9. The van der Waals surface area contributed by atoms with Gasteiger partial charge in [-0.1, -0.05) is 34.6 Å². The zero-order valence-electron chi connectivity index (χ0n) is 20.5. The van der Waals surface area contributed by atoms with E-state index < -0.39 is 30.0 Å². The minimum absolute atomic E-state index is 0.0303. The van der Waals surface area contributed by atoms with Gasteiger partial charge in [-0.15, -0.1) is 0 Å². The van der Waals surface area contributed by atoms with E-state index in [9.17, 15) is 19.5 Å². The smallest absolute Gasteiger partial charge is 0.316 e. The average Bonchev–Trinajstić information content (AvgIpc) is 2.92. The lowest BCUT2D eigenvalue weighted by atomic mass is 9.72. The van der Waals surface area contributed by atoms with E-state index in [0.717, 1.165) is 12.1 Å². The van der Waals surface area contributed by atoms with Crippen molar-refractivity contribution in [2.75, 3.05) is 26.8 Å². The molecule has 2 aliphatic rings. The maximum atomic E-state index is 13.2. The SMILES string of the molecule is COC1C[C@@H](C)C2=NCCN(C=O)C(C(O)COC(=O)C(C)C(=O)[C@H](C)[C@H]1C(C)C)C2C. The minimum Gasteiger partial charge on any atom is -0.462 e. The van der Waals surface area contributed by atoms with Crippen molar-refractivity contribution in [2.45, 2.75) is 66.2 Å². The number of aliphatic hydroxyl groups is 1. The number of hydrogen-bond donors (Lipinski definition) is 1. The van der Waals surface area contributed by atoms with E-state index in [2.05, 4.69) is 20.8 Å². The number of hydrogen-bond acceptors (Lipinski definition) is 7. The lowest BCUT2D eigenvalue weighted by Gasteiger charge is -2.38. The Morgan fingerprint density at radius 1 is 1.19 bits per heavy atom. The van der Waals surface area contributed by atoms with E-state index in [-0.39, 0.29) is 42.2 Å². The van der Waals surface area contributed by atoms with Crippen LogP contribution in [-0.4, -0.2) is 78.9 Å². The molecule has 1 N–H and O–H groups in total. The molecule has 0 saturated carbocycles. The highest BCUT2D eigenvalue weighted by Gasteiger charge is 2.42. The molecule has 0 aromatic carbocycles. The molecule has 0 aromatic rings. The van der Waals surface area contributed by atoms with Gasteiger partial charge < -0.3 is 19.5 Å². The number of aliphatic imine (C=N–C) groups is 1. The summed E-state index contributed by atoms with van der Waals surface area (Å²) >= 11 is 0. The first-order chi connectivity index (χ1) is 15.0. The highest BCUT2D eigenvalue weighted by molar-refractivity contribution is 5.99. The molecule has 2 aliphatic heterocycles. The van der Waals surface area contributed by atoms with Crippen molar-refractivity contribution in [2.24, 2.45) is 40.5 Å². The van der Waals surface area contributed by atoms with Gasteiger partial charge in [-0.2, -0.15) is 0 Å². The zero-order chi connectivity index (χ0) is 24.2. The molecule has 2 bridgehead atoms. The molecule has 2 rings (SSSR count). The number of Topliss-reactive ketones (excluding diaryl/α,β-unsaturated/α-hetero) is 1. The van der Waals surface area contributed by atoms with E-state index in [1.54, 1.807) is 18.9 Å². The number of methoxy groups -OCH3 is 1. The van der Waals surface area contributed by atoms with E-state index in [4.69, 9.17) is 14.5 Å². The maximum absolute atomic E-state index is 13.2. The third-order valence-corrected chi connectivity index (χ3v) is 7.34. The topological polar surface area (TPSA) is 106 Å². The van der Waals surface area contributed by atoms with Crippen LogP contribution in [0, 0.1) is 35.5 Å². The summed E-state index contributed by atoms with van der Waals surface area (Å²) < 4.78 is 11.3. The van der Waals surface area contributed by atoms with Crippen molar-refractivity contribution >= 4 is 23.9 Å². The van der Waals surface area contributed by atoms with Crippen LogP contribution < -0.4 is 0 Å². The van der Waals surface area contributed by atoms with Gasteiger partial charge in [-0.3, -0.25) is 19.4 Å². The number of esters is 1. The van der Waals surface area contributed by atoms with Crippen LogP contribution in [0.1, 0.15) is 48.0 Å². The van der Waals surface area contributed by atoms with Crippen molar-refractivity contribution in [3.8, 4) is 0 Å². The number of nitrogens with zero attached hydrogens (tertiary/aromatic N) is 2. The molecular formula is C24H40N2O6. The number of ether oxygens (including phenoxy) is 2. The predicted octanol–water partition coefficient (Wildman–Crippen LogP) is 1.98. The van der Waals surface area contributed by atoms with Gasteiger partial charge in [-0.25, -0.2) is 0 Å². The molecule has 2 heterocycles. The highest BCUT2D eigenvalue weighted by Crippen LogP contribution is 2.34. The molecule has 5 unspecified atom stereocenters. The number of carbonyl (C=O) groups is 3. The molecule has 1 saturated heterocycles. The van der Waals surface area contributed by atoms with Crippen molar-refractivity contribution in [1.29, 1.82) is 0 Å². The summed E-state index contributed by atoms with van der Waals surface area (Å²) in [5.74, 6) is -2.29. The molecule has 8 atom stereocenters. The number of ketones is 1. The van der Waals surface area contributed by atoms with Crippen molar-refractivity contribution in [1.82, 2.24) is 4.90 Å². The molecule has 182 valence electrons. The third kappa shape index (κ3) is 5.57. The number of fused-ring (bicyclic) bond motifs is 2. The van der Waals surface area contributed by atoms with Crippen LogP contribution in [-0.2, 0) is 23.9 Å². The number of carbonyl (C=O) groups excluding carboxylic acids is 3. The van der Waals surface area contributed by atoms with Gasteiger partial charge in [0, 0.05) is 31.2 Å². The largest absolute Gasteiger partial charge is 0.462 e. The highest BCUT2D eigenvalue weighted by atomic mass is 16.5. The Kier molecular flexibility index (Phi) is 9.40. The summed E-state index contributed by atoms with van der Waals surface area (Å²) in [4.78, 5) is 43.9. The molecule has 0 radical (unpaired) electrons. The van der Waals surface area contributed by atoms with Crippen LogP contribution >= 0.6 is 0 Å². The molecule has 1 fully saturated rings. The van der Waals surface area contributed by atoms with Gasteiger partial charge in [0.2, 0.25) is 6.41 Å². The van der Waals surface area contributed by atoms with Gasteiger partial charge in [0.15, 0.2) is 0 Å². The fourth-order valence-corrected chi connectivity index (χ4v) is 5.63. The lowest BCUT2D eigenvalue weighted by Crippen LogP contribution is -2.52. The van der Waals surface area contributed by atoms with Gasteiger partial charge in [0.05, 0.1) is 18.7 Å². The molecule has 0 aromatic heterocycles. The van der Waals surface area contributed by atoms with Gasteiger partial charge in [-0.05, 0) is 31.1 Å². The Morgan fingerprint density at radius 2 is 1.84 bits per heavy atom. The summed E-state index contributed by atoms with van der Waals surface area (Å²) in [6.07, 6.45) is 0.0832. The monoisotopic (exact) mass is 452 g/mol. The molecule has 8 heteroatoms. The molecule has 1 amide bonds. The Labute approximate surface area is 191 Å². The average molecular weight is 453 g/mol. The molecule has 8 nitrogen and oxygen atoms in total. The summed E-state index contributed by atoms with van der Waals surface area (Å²) in [7, 11) is 1.66. The third-order valence-electron chi connectivity index (χ3n) is 7.34. The Bertz CT molecular complexity index is 709. The van der Waals surface area contributed by atoms with Crippen molar-refractivity contribution < 1.29 is 29.0 Å².